The fourth-order valence-corrected chi connectivity index (χ4v) is 2.64. The van der Waals surface area contributed by atoms with Gasteiger partial charge < -0.3 is 5.32 Å². The normalized spacial score (nSPS) is 29.7. The average Bonchev–Trinajstić information content (AvgIpc) is 2.30. The summed E-state index contributed by atoms with van der Waals surface area (Å²) in [5.41, 5.74) is 2.61. The summed E-state index contributed by atoms with van der Waals surface area (Å²) in [6, 6.07) is 0.670. The Morgan fingerprint density at radius 1 is 1.27 bits per heavy atom. The van der Waals surface area contributed by atoms with Crippen molar-refractivity contribution in [1.82, 2.24) is 15.3 Å². The Bertz CT molecular complexity index is 372. The molecule has 1 aliphatic heterocycles. The van der Waals surface area contributed by atoms with Gasteiger partial charge in [0.1, 0.15) is 6.33 Å². The topological polar surface area (TPSA) is 37.8 Å². The lowest BCUT2D eigenvalue weighted by Gasteiger charge is -2.34. The number of hydrogen-bond donors (Lipinski definition) is 1. The highest BCUT2D eigenvalue weighted by Crippen LogP contribution is 2.33. The maximum atomic E-state index is 4.08. The van der Waals surface area contributed by atoms with Crippen LogP contribution in [0.5, 0.6) is 0 Å². The maximum Gasteiger partial charge on any atom is 0.115 e. The van der Waals surface area contributed by atoms with E-state index in [-0.39, 0.29) is 0 Å². The molecular weight excluding hydrogens is 186 g/mol. The van der Waals surface area contributed by atoms with Gasteiger partial charge in [-0.1, -0.05) is 6.08 Å². The Morgan fingerprint density at radius 3 is 2.93 bits per heavy atom. The summed E-state index contributed by atoms with van der Waals surface area (Å²) >= 11 is 0. The van der Waals surface area contributed by atoms with Crippen molar-refractivity contribution in [3.63, 3.8) is 0 Å². The van der Waals surface area contributed by atoms with Crippen molar-refractivity contribution in [2.45, 2.75) is 25.3 Å². The number of fused-ring (bicyclic) bond motifs is 2. The predicted octanol–water partition coefficient (Wildman–Crippen LogP) is 1.63. The van der Waals surface area contributed by atoms with Gasteiger partial charge in [0.25, 0.3) is 0 Å². The quantitative estimate of drug-likeness (QED) is 0.750. The van der Waals surface area contributed by atoms with Crippen molar-refractivity contribution in [3.05, 3.63) is 30.4 Å². The molecule has 0 radical (unpaired) electrons. The molecule has 1 saturated heterocycles. The third-order valence-corrected chi connectivity index (χ3v) is 3.37. The molecule has 1 aromatic rings. The molecule has 2 aliphatic rings. The van der Waals surface area contributed by atoms with Crippen LogP contribution in [0.4, 0.5) is 0 Å². The van der Waals surface area contributed by atoms with Crippen LogP contribution >= 0.6 is 0 Å². The van der Waals surface area contributed by atoms with E-state index >= 15 is 0 Å². The molecule has 2 bridgehead atoms. The van der Waals surface area contributed by atoms with E-state index in [2.05, 4.69) is 21.4 Å². The van der Waals surface area contributed by atoms with Crippen LogP contribution in [-0.2, 0) is 0 Å². The monoisotopic (exact) mass is 201 g/mol. The van der Waals surface area contributed by atoms with Gasteiger partial charge in [-0.05, 0) is 37.3 Å². The lowest BCUT2D eigenvalue weighted by atomic mass is 9.80. The highest BCUT2D eigenvalue weighted by Gasteiger charge is 2.26. The van der Waals surface area contributed by atoms with Gasteiger partial charge in [0.2, 0.25) is 0 Å². The van der Waals surface area contributed by atoms with E-state index < -0.39 is 0 Å². The molecule has 1 aliphatic carbocycles. The van der Waals surface area contributed by atoms with Crippen LogP contribution in [0.15, 0.2) is 24.8 Å². The summed E-state index contributed by atoms with van der Waals surface area (Å²) in [6.07, 6.45) is 11.6. The third-order valence-electron chi connectivity index (χ3n) is 3.37. The predicted molar refractivity (Wildman–Crippen MR) is 59.1 cm³/mol. The Balaban J connectivity index is 1.91. The molecule has 2 heterocycles. The van der Waals surface area contributed by atoms with Crippen molar-refractivity contribution >= 4 is 5.57 Å². The highest BCUT2D eigenvalue weighted by molar-refractivity contribution is 5.66. The zero-order chi connectivity index (χ0) is 10.1. The molecule has 1 N–H and O–H groups in total. The molecule has 3 rings (SSSR count). The van der Waals surface area contributed by atoms with E-state index in [4.69, 9.17) is 0 Å². The molecule has 0 saturated carbocycles. The van der Waals surface area contributed by atoms with Crippen LogP contribution in [0.2, 0.25) is 0 Å². The molecule has 3 heteroatoms. The molecule has 0 spiro atoms. The fourth-order valence-electron chi connectivity index (χ4n) is 2.64. The minimum atomic E-state index is 0.670. The number of allylic oxidation sites excluding steroid dienone is 1. The van der Waals surface area contributed by atoms with Crippen molar-refractivity contribution in [2.75, 3.05) is 6.54 Å². The third kappa shape index (κ3) is 1.79. The molecule has 78 valence electrons. The average molecular weight is 201 g/mol. The molecule has 2 unspecified atom stereocenters. The van der Waals surface area contributed by atoms with Gasteiger partial charge in [-0.3, -0.25) is 0 Å². The van der Waals surface area contributed by atoms with Gasteiger partial charge in [0.15, 0.2) is 0 Å². The van der Waals surface area contributed by atoms with E-state index in [0.29, 0.717) is 6.04 Å². The molecule has 3 nitrogen and oxygen atoms in total. The summed E-state index contributed by atoms with van der Waals surface area (Å²) in [6.45, 7) is 1.17. The highest BCUT2D eigenvalue weighted by atomic mass is 14.9. The van der Waals surface area contributed by atoms with Crippen LogP contribution in [0.25, 0.3) is 5.57 Å². The number of hydrogen-bond acceptors (Lipinski definition) is 3. The maximum absolute atomic E-state index is 4.08. The van der Waals surface area contributed by atoms with Crippen LogP contribution < -0.4 is 5.32 Å². The van der Waals surface area contributed by atoms with Crippen molar-refractivity contribution in [1.29, 1.82) is 0 Å². The molecular formula is C12H15N3. The number of rotatable bonds is 1. The summed E-state index contributed by atoms with van der Waals surface area (Å²) < 4.78 is 0. The summed E-state index contributed by atoms with van der Waals surface area (Å²) in [4.78, 5) is 8.16. The fraction of sp³-hybridized carbons (Fsp3) is 0.500. The van der Waals surface area contributed by atoms with E-state index in [0.717, 1.165) is 12.3 Å². The molecule has 15 heavy (non-hydrogen) atoms. The first-order valence-corrected chi connectivity index (χ1v) is 5.61. The number of nitrogens with zero attached hydrogens (tertiary/aromatic N) is 2. The molecule has 1 aromatic heterocycles. The first-order chi connectivity index (χ1) is 7.42. The standard InChI is InChI=1S/C12H15N3/c1-2-15-12-4-9(1)3-10(5-12)11-6-13-8-14-7-11/h3,6-9,12,15H,1-2,4-5H2. The smallest absolute Gasteiger partial charge is 0.115 e. The van der Waals surface area contributed by atoms with Crippen LogP contribution in [0, 0.1) is 5.92 Å². The van der Waals surface area contributed by atoms with E-state index in [1.807, 2.05) is 12.4 Å². The van der Waals surface area contributed by atoms with Crippen molar-refractivity contribution in [3.8, 4) is 0 Å². The minimum Gasteiger partial charge on any atom is -0.314 e. The van der Waals surface area contributed by atoms with Crippen molar-refractivity contribution < 1.29 is 0 Å². The van der Waals surface area contributed by atoms with E-state index in [1.54, 1.807) is 6.33 Å². The van der Waals surface area contributed by atoms with Gasteiger partial charge >= 0.3 is 0 Å². The van der Waals surface area contributed by atoms with Crippen LogP contribution in [-0.4, -0.2) is 22.6 Å². The van der Waals surface area contributed by atoms with E-state index in [1.165, 1.54) is 30.5 Å². The first kappa shape index (κ1) is 9.04. The summed E-state index contributed by atoms with van der Waals surface area (Å²) in [5.74, 6) is 0.764. The molecule has 0 amide bonds. The van der Waals surface area contributed by atoms with Crippen molar-refractivity contribution in [2.24, 2.45) is 5.92 Å². The Kier molecular flexibility index (Phi) is 2.25. The second kappa shape index (κ2) is 3.74. The summed E-state index contributed by atoms with van der Waals surface area (Å²) in [5, 5.41) is 3.57. The Labute approximate surface area is 89.6 Å². The number of aromatic nitrogens is 2. The van der Waals surface area contributed by atoms with Gasteiger partial charge in [0, 0.05) is 24.0 Å². The van der Waals surface area contributed by atoms with Crippen LogP contribution in [0.1, 0.15) is 24.8 Å². The second-order valence-electron chi connectivity index (χ2n) is 4.46. The van der Waals surface area contributed by atoms with Crippen LogP contribution in [0.3, 0.4) is 0 Å². The second-order valence-corrected chi connectivity index (χ2v) is 4.46. The molecule has 0 aromatic carbocycles. The van der Waals surface area contributed by atoms with Gasteiger partial charge in [-0.25, -0.2) is 9.97 Å². The molecule has 1 fully saturated rings. The Morgan fingerprint density at radius 2 is 2.13 bits per heavy atom. The van der Waals surface area contributed by atoms with Gasteiger partial charge in [-0.2, -0.15) is 0 Å². The lowest BCUT2D eigenvalue weighted by molar-refractivity contribution is 0.335. The Hall–Kier alpha value is -1.22. The number of piperidine rings is 1. The molecule has 2 atom stereocenters. The largest absolute Gasteiger partial charge is 0.314 e. The minimum absolute atomic E-state index is 0.670. The first-order valence-electron chi connectivity index (χ1n) is 5.61. The van der Waals surface area contributed by atoms with E-state index in [9.17, 15) is 0 Å². The van der Waals surface area contributed by atoms with Gasteiger partial charge in [-0.15, -0.1) is 0 Å². The zero-order valence-electron chi connectivity index (χ0n) is 8.69. The lowest BCUT2D eigenvalue weighted by Crippen LogP contribution is -2.39. The van der Waals surface area contributed by atoms with Gasteiger partial charge in [0.05, 0.1) is 0 Å². The SMILES string of the molecule is C1=C(c2cncnc2)CC2CC1CCN2. The number of nitrogens with one attached hydrogen (secondary N) is 1. The summed E-state index contributed by atoms with van der Waals surface area (Å²) in [7, 11) is 0. The zero-order valence-corrected chi connectivity index (χ0v) is 8.69.